The molecule has 1 nitrogen and oxygen atoms in total. The number of alkyl halides is 3. The van der Waals surface area contributed by atoms with Gasteiger partial charge in [-0.15, -0.1) is 0 Å². The molecule has 0 bridgehead atoms. The van der Waals surface area contributed by atoms with E-state index in [4.69, 9.17) is 5.73 Å². The van der Waals surface area contributed by atoms with Gasteiger partial charge < -0.3 is 5.73 Å². The van der Waals surface area contributed by atoms with Crippen LogP contribution in [0.25, 0.3) is 0 Å². The SMILES string of the molecule is CC1(C)CC1C(N)CCCC(F)(F)F. The minimum absolute atomic E-state index is 0.0488. The summed E-state index contributed by atoms with van der Waals surface area (Å²) >= 11 is 0. The molecule has 2 unspecified atom stereocenters. The molecule has 0 aromatic carbocycles. The first-order valence-electron chi connectivity index (χ1n) is 5.05. The van der Waals surface area contributed by atoms with Gasteiger partial charge in [0.1, 0.15) is 0 Å². The monoisotopic (exact) mass is 209 g/mol. The van der Waals surface area contributed by atoms with E-state index in [1.54, 1.807) is 0 Å². The highest BCUT2D eigenvalue weighted by Crippen LogP contribution is 2.53. The summed E-state index contributed by atoms with van der Waals surface area (Å²) in [6, 6.07) is -0.0488. The second-order valence-electron chi connectivity index (χ2n) is 4.97. The maximum atomic E-state index is 11.8. The Bertz CT molecular complexity index is 198. The Morgan fingerprint density at radius 2 is 1.93 bits per heavy atom. The van der Waals surface area contributed by atoms with Gasteiger partial charge in [-0.3, -0.25) is 0 Å². The van der Waals surface area contributed by atoms with Crippen LogP contribution < -0.4 is 5.73 Å². The molecular formula is C10H18F3N. The van der Waals surface area contributed by atoms with Crippen LogP contribution in [0.15, 0.2) is 0 Å². The molecule has 0 aliphatic heterocycles. The number of rotatable bonds is 4. The summed E-state index contributed by atoms with van der Waals surface area (Å²) in [5.74, 6) is 0.427. The molecule has 0 heterocycles. The second kappa shape index (κ2) is 3.72. The summed E-state index contributed by atoms with van der Waals surface area (Å²) in [7, 11) is 0. The van der Waals surface area contributed by atoms with Crippen molar-refractivity contribution in [2.45, 2.75) is 51.7 Å². The third-order valence-corrected chi connectivity index (χ3v) is 3.10. The van der Waals surface area contributed by atoms with Crippen LogP contribution in [0.1, 0.15) is 39.5 Å². The van der Waals surface area contributed by atoms with Crippen LogP contribution in [-0.4, -0.2) is 12.2 Å². The number of hydrogen-bond donors (Lipinski definition) is 1. The van der Waals surface area contributed by atoms with Crippen molar-refractivity contribution in [2.75, 3.05) is 0 Å². The van der Waals surface area contributed by atoms with Crippen LogP contribution >= 0.6 is 0 Å². The van der Waals surface area contributed by atoms with Crippen LogP contribution in [0.5, 0.6) is 0 Å². The van der Waals surface area contributed by atoms with Gasteiger partial charge in [-0.05, 0) is 30.6 Å². The highest BCUT2D eigenvalue weighted by molar-refractivity contribution is 5.00. The molecule has 0 amide bonds. The van der Waals surface area contributed by atoms with Gasteiger partial charge in [0.2, 0.25) is 0 Å². The van der Waals surface area contributed by atoms with Crippen LogP contribution in [0.4, 0.5) is 13.2 Å². The number of hydrogen-bond acceptors (Lipinski definition) is 1. The van der Waals surface area contributed by atoms with Gasteiger partial charge in [0, 0.05) is 12.5 Å². The van der Waals surface area contributed by atoms with E-state index >= 15 is 0 Å². The van der Waals surface area contributed by atoms with E-state index in [-0.39, 0.29) is 17.9 Å². The van der Waals surface area contributed by atoms with Crippen molar-refractivity contribution in [2.24, 2.45) is 17.1 Å². The van der Waals surface area contributed by atoms with Gasteiger partial charge in [-0.1, -0.05) is 13.8 Å². The van der Waals surface area contributed by atoms with E-state index in [9.17, 15) is 13.2 Å². The lowest BCUT2D eigenvalue weighted by Crippen LogP contribution is -2.25. The van der Waals surface area contributed by atoms with E-state index in [0.29, 0.717) is 12.3 Å². The molecule has 1 rings (SSSR count). The summed E-state index contributed by atoms with van der Waals surface area (Å²) in [6.45, 7) is 4.22. The van der Waals surface area contributed by atoms with Gasteiger partial charge in [-0.2, -0.15) is 13.2 Å². The van der Waals surface area contributed by atoms with Gasteiger partial charge >= 0.3 is 6.18 Å². The highest BCUT2D eigenvalue weighted by Gasteiger charge is 2.48. The molecular weight excluding hydrogens is 191 g/mol. The van der Waals surface area contributed by atoms with E-state index in [1.807, 2.05) is 0 Å². The summed E-state index contributed by atoms with van der Waals surface area (Å²) in [5.41, 5.74) is 6.08. The standard InChI is InChI=1S/C10H18F3N/c1-9(2)6-7(9)8(14)4-3-5-10(11,12)13/h7-8H,3-6,14H2,1-2H3. The summed E-state index contributed by atoms with van der Waals surface area (Å²) < 4.78 is 35.5. The molecule has 0 spiro atoms. The maximum absolute atomic E-state index is 11.8. The van der Waals surface area contributed by atoms with E-state index < -0.39 is 12.6 Å². The van der Waals surface area contributed by atoms with Crippen LogP contribution in [0, 0.1) is 11.3 Å². The zero-order valence-corrected chi connectivity index (χ0v) is 8.69. The Morgan fingerprint density at radius 3 is 2.29 bits per heavy atom. The van der Waals surface area contributed by atoms with Gasteiger partial charge in [0.25, 0.3) is 0 Å². The molecule has 1 aliphatic rings. The first-order valence-corrected chi connectivity index (χ1v) is 5.05. The molecule has 0 aromatic rings. The summed E-state index contributed by atoms with van der Waals surface area (Å²) in [5, 5.41) is 0. The summed E-state index contributed by atoms with van der Waals surface area (Å²) in [4.78, 5) is 0. The molecule has 0 radical (unpaired) electrons. The molecule has 0 saturated heterocycles. The van der Waals surface area contributed by atoms with Crippen molar-refractivity contribution in [3.63, 3.8) is 0 Å². The fraction of sp³-hybridized carbons (Fsp3) is 1.00. The smallest absolute Gasteiger partial charge is 0.327 e. The van der Waals surface area contributed by atoms with Crippen molar-refractivity contribution < 1.29 is 13.2 Å². The van der Waals surface area contributed by atoms with E-state index in [2.05, 4.69) is 13.8 Å². The zero-order chi connectivity index (χ0) is 11.0. The Kier molecular flexibility index (Phi) is 3.14. The van der Waals surface area contributed by atoms with Crippen molar-refractivity contribution in [3.05, 3.63) is 0 Å². The number of nitrogens with two attached hydrogens (primary N) is 1. The Balaban J connectivity index is 2.14. The highest BCUT2D eigenvalue weighted by atomic mass is 19.4. The topological polar surface area (TPSA) is 26.0 Å². The third kappa shape index (κ3) is 3.48. The zero-order valence-electron chi connectivity index (χ0n) is 8.69. The molecule has 4 heteroatoms. The van der Waals surface area contributed by atoms with Crippen molar-refractivity contribution >= 4 is 0 Å². The molecule has 1 saturated carbocycles. The normalized spacial score (nSPS) is 27.4. The van der Waals surface area contributed by atoms with Crippen molar-refractivity contribution in [1.29, 1.82) is 0 Å². The predicted molar refractivity (Wildman–Crippen MR) is 49.8 cm³/mol. The average molecular weight is 209 g/mol. The Labute approximate surface area is 82.9 Å². The van der Waals surface area contributed by atoms with E-state index in [1.165, 1.54) is 0 Å². The van der Waals surface area contributed by atoms with Crippen LogP contribution in [0.2, 0.25) is 0 Å². The molecule has 1 aliphatic carbocycles. The van der Waals surface area contributed by atoms with Gasteiger partial charge in [0.05, 0.1) is 0 Å². The lowest BCUT2D eigenvalue weighted by Gasteiger charge is -2.13. The molecule has 1 fully saturated rings. The van der Waals surface area contributed by atoms with Crippen LogP contribution in [0.3, 0.4) is 0 Å². The Morgan fingerprint density at radius 1 is 1.43 bits per heavy atom. The lowest BCUT2D eigenvalue weighted by molar-refractivity contribution is -0.135. The molecule has 0 aromatic heterocycles. The quantitative estimate of drug-likeness (QED) is 0.756. The van der Waals surface area contributed by atoms with E-state index in [0.717, 1.165) is 6.42 Å². The predicted octanol–water partition coefficient (Wildman–Crippen LogP) is 3.09. The fourth-order valence-corrected chi connectivity index (χ4v) is 1.98. The largest absolute Gasteiger partial charge is 0.389 e. The average Bonchev–Trinajstić information content (AvgIpc) is 2.57. The molecule has 84 valence electrons. The minimum atomic E-state index is -4.03. The third-order valence-electron chi connectivity index (χ3n) is 3.10. The first-order chi connectivity index (χ1) is 6.22. The lowest BCUT2D eigenvalue weighted by atomic mass is 10.00. The number of halogens is 3. The van der Waals surface area contributed by atoms with Crippen LogP contribution in [-0.2, 0) is 0 Å². The maximum Gasteiger partial charge on any atom is 0.389 e. The van der Waals surface area contributed by atoms with Gasteiger partial charge in [0.15, 0.2) is 0 Å². The minimum Gasteiger partial charge on any atom is -0.327 e. The van der Waals surface area contributed by atoms with Crippen molar-refractivity contribution in [3.8, 4) is 0 Å². The second-order valence-corrected chi connectivity index (χ2v) is 4.97. The Hall–Kier alpha value is -0.250. The molecule has 2 atom stereocenters. The molecule has 14 heavy (non-hydrogen) atoms. The van der Waals surface area contributed by atoms with Gasteiger partial charge in [-0.25, -0.2) is 0 Å². The first kappa shape index (κ1) is 11.8. The van der Waals surface area contributed by atoms with Crippen molar-refractivity contribution in [1.82, 2.24) is 0 Å². The molecule has 2 N–H and O–H groups in total. The fourth-order valence-electron chi connectivity index (χ4n) is 1.98. The summed E-state index contributed by atoms with van der Waals surface area (Å²) in [6.07, 6.45) is -3.02.